The molecule has 396 valence electrons. The third-order valence-electron chi connectivity index (χ3n) is 12.2. The lowest BCUT2D eigenvalue weighted by molar-refractivity contribution is -0.218. The fourth-order valence-corrected chi connectivity index (χ4v) is 6.23. The van der Waals surface area contributed by atoms with Crippen LogP contribution in [0.4, 0.5) is 26.3 Å². The Morgan fingerprint density at radius 3 is 1.12 bits per heavy atom. The van der Waals surface area contributed by atoms with Crippen molar-refractivity contribution >= 4 is 35.8 Å². The molecule has 2 fully saturated rings. The summed E-state index contributed by atoms with van der Waals surface area (Å²) in [6.07, 6.45) is 6.18. The summed E-state index contributed by atoms with van der Waals surface area (Å²) in [6.45, 7) is 24.9. The molecule has 0 aromatic carbocycles. The SMILES string of the molecule is C=C(C)C(=O)OC1(CC)CCCCCCC1.C=C(C)C(=O)OCC(=O)OC(C)C(F)(F)F.CCC(C)(C)C(=O)OCC(=O)OC(C)C(F)(F)F.CCC1(OC(=O)C(C)(C)CC)CCCCCCC1. The Balaban J connectivity index is 0. The first-order chi connectivity index (χ1) is 31.2. The molecule has 0 radical (unpaired) electrons. The zero-order valence-corrected chi connectivity index (χ0v) is 42.9. The van der Waals surface area contributed by atoms with Crippen LogP contribution in [0.3, 0.4) is 0 Å². The van der Waals surface area contributed by atoms with Gasteiger partial charge in [-0.25, -0.2) is 19.2 Å². The predicted octanol–water partition coefficient (Wildman–Crippen LogP) is 12.9. The molecule has 18 heteroatoms. The Morgan fingerprint density at radius 1 is 0.500 bits per heavy atom. The van der Waals surface area contributed by atoms with Crippen LogP contribution in [-0.2, 0) is 57.2 Å². The largest absolute Gasteiger partial charge is 0.459 e. The van der Waals surface area contributed by atoms with E-state index in [1.807, 2.05) is 13.8 Å². The number of hydrogen-bond acceptors (Lipinski definition) is 12. The lowest BCUT2D eigenvalue weighted by Crippen LogP contribution is -2.40. The van der Waals surface area contributed by atoms with E-state index in [1.54, 1.807) is 27.7 Å². The zero-order valence-electron chi connectivity index (χ0n) is 42.9. The van der Waals surface area contributed by atoms with E-state index in [0.29, 0.717) is 25.8 Å². The first-order valence-corrected chi connectivity index (χ1v) is 23.8. The first kappa shape index (κ1) is 66.0. The van der Waals surface area contributed by atoms with Gasteiger partial charge in [-0.3, -0.25) is 9.59 Å². The van der Waals surface area contributed by atoms with Gasteiger partial charge in [-0.15, -0.1) is 0 Å². The smallest absolute Gasteiger partial charge is 0.425 e. The van der Waals surface area contributed by atoms with Crippen LogP contribution in [0.2, 0.25) is 0 Å². The normalized spacial score (nSPS) is 17.1. The van der Waals surface area contributed by atoms with Crippen molar-refractivity contribution in [3.63, 3.8) is 0 Å². The summed E-state index contributed by atoms with van der Waals surface area (Å²) in [5.41, 5.74) is -0.965. The lowest BCUT2D eigenvalue weighted by Gasteiger charge is -2.37. The molecule has 0 spiro atoms. The van der Waals surface area contributed by atoms with Gasteiger partial charge < -0.3 is 28.4 Å². The van der Waals surface area contributed by atoms with Crippen LogP contribution in [-0.4, -0.2) is 84.8 Å². The van der Waals surface area contributed by atoms with Crippen LogP contribution >= 0.6 is 0 Å². The van der Waals surface area contributed by atoms with Crippen LogP contribution < -0.4 is 0 Å². The fraction of sp³-hybridized carbons (Fsp3) is 0.800. The van der Waals surface area contributed by atoms with E-state index >= 15 is 0 Å². The van der Waals surface area contributed by atoms with Crippen LogP contribution in [0.5, 0.6) is 0 Å². The third-order valence-corrected chi connectivity index (χ3v) is 12.2. The third kappa shape index (κ3) is 27.2. The number of rotatable bonds is 16. The van der Waals surface area contributed by atoms with Crippen molar-refractivity contribution in [1.29, 1.82) is 0 Å². The van der Waals surface area contributed by atoms with Crippen LogP contribution in [0.1, 0.15) is 199 Å². The van der Waals surface area contributed by atoms with Crippen molar-refractivity contribution in [3.05, 3.63) is 24.3 Å². The maximum Gasteiger partial charge on any atom is 0.425 e. The quantitative estimate of drug-likeness (QED) is 0.0625. The monoisotopic (exact) mass is 989 g/mol. The molecule has 68 heavy (non-hydrogen) atoms. The summed E-state index contributed by atoms with van der Waals surface area (Å²) in [5, 5.41) is 0. The number of hydrogen-bond donors (Lipinski definition) is 0. The Hall–Kier alpha value is -4.12. The minimum absolute atomic E-state index is 0.00702. The Morgan fingerprint density at radius 2 is 0.809 bits per heavy atom. The van der Waals surface area contributed by atoms with E-state index in [0.717, 1.165) is 44.9 Å². The molecule has 2 atom stereocenters. The van der Waals surface area contributed by atoms with E-state index in [4.69, 9.17) is 9.47 Å². The molecule has 2 rings (SSSR count). The van der Waals surface area contributed by atoms with Crippen LogP contribution in [0, 0.1) is 10.8 Å². The van der Waals surface area contributed by atoms with Gasteiger partial charge in [0.15, 0.2) is 25.4 Å². The van der Waals surface area contributed by atoms with Crippen molar-refractivity contribution < 1.29 is 83.5 Å². The van der Waals surface area contributed by atoms with Crippen LogP contribution in [0.15, 0.2) is 24.3 Å². The highest BCUT2D eigenvalue weighted by molar-refractivity contribution is 5.88. The minimum atomic E-state index is -4.63. The summed E-state index contributed by atoms with van der Waals surface area (Å²) in [7, 11) is 0. The molecule has 2 aliphatic rings. The Kier molecular flexibility index (Phi) is 30.2. The molecule has 0 bridgehead atoms. The van der Waals surface area contributed by atoms with E-state index < -0.39 is 67.1 Å². The lowest BCUT2D eigenvalue weighted by atomic mass is 9.83. The minimum Gasteiger partial charge on any atom is -0.459 e. The summed E-state index contributed by atoms with van der Waals surface area (Å²) in [5.74, 6) is -4.23. The first-order valence-electron chi connectivity index (χ1n) is 23.8. The Bertz CT molecular complexity index is 1590. The number of esters is 6. The highest BCUT2D eigenvalue weighted by Gasteiger charge is 2.41. The summed E-state index contributed by atoms with van der Waals surface area (Å²) in [4.78, 5) is 68.0. The number of ether oxygens (including phenoxy) is 6. The maximum atomic E-state index is 12.3. The molecule has 2 aliphatic carbocycles. The molecular formula is C50H82F6O12. The highest BCUT2D eigenvalue weighted by Crippen LogP contribution is 2.36. The van der Waals surface area contributed by atoms with Gasteiger partial charge in [0.1, 0.15) is 11.2 Å². The highest BCUT2D eigenvalue weighted by atomic mass is 19.4. The molecule has 0 aromatic rings. The van der Waals surface area contributed by atoms with Gasteiger partial charge in [0.2, 0.25) is 0 Å². The van der Waals surface area contributed by atoms with Gasteiger partial charge in [0.05, 0.1) is 10.8 Å². The molecule has 0 aliphatic heterocycles. The topological polar surface area (TPSA) is 158 Å². The maximum absolute atomic E-state index is 12.3. The number of carbonyl (C=O) groups excluding carboxylic acids is 6. The van der Waals surface area contributed by atoms with E-state index in [1.165, 1.54) is 71.1 Å². The van der Waals surface area contributed by atoms with Crippen molar-refractivity contribution in [1.82, 2.24) is 0 Å². The molecule has 0 amide bonds. The van der Waals surface area contributed by atoms with E-state index in [-0.39, 0.29) is 34.1 Å². The van der Waals surface area contributed by atoms with E-state index in [9.17, 15) is 55.1 Å². The molecule has 12 nitrogen and oxygen atoms in total. The second-order valence-electron chi connectivity index (χ2n) is 18.9. The molecular weight excluding hydrogens is 907 g/mol. The fourth-order valence-electron chi connectivity index (χ4n) is 6.23. The van der Waals surface area contributed by atoms with Gasteiger partial charge in [-0.2, -0.15) is 26.3 Å². The van der Waals surface area contributed by atoms with Crippen molar-refractivity contribution in [2.24, 2.45) is 10.8 Å². The van der Waals surface area contributed by atoms with Gasteiger partial charge in [0, 0.05) is 11.1 Å². The molecule has 0 saturated heterocycles. The average molecular weight is 989 g/mol. The van der Waals surface area contributed by atoms with Gasteiger partial charge in [0.25, 0.3) is 0 Å². The van der Waals surface area contributed by atoms with Gasteiger partial charge in [-0.05, 0) is 132 Å². The van der Waals surface area contributed by atoms with Crippen molar-refractivity contribution in [2.75, 3.05) is 13.2 Å². The molecule has 0 heterocycles. The second-order valence-corrected chi connectivity index (χ2v) is 18.9. The van der Waals surface area contributed by atoms with Gasteiger partial charge >= 0.3 is 48.2 Å². The number of halogens is 6. The molecule has 2 unspecified atom stereocenters. The van der Waals surface area contributed by atoms with E-state index in [2.05, 4.69) is 52.9 Å². The summed E-state index contributed by atoms with van der Waals surface area (Å²) >= 11 is 0. The number of carbonyl (C=O) groups is 6. The second kappa shape index (κ2) is 31.2. The van der Waals surface area contributed by atoms with Gasteiger partial charge in [-0.1, -0.05) is 79.4 Å². The van der Waals surface area contributed by atoms with Crippen molar-refractivity contribution in [3.8, 4) is 0 Å². The summed E-state index contributed by atoms with van der Waals surface area (Å²) in [6, 6.07) is 0. The molecule has 0 N–H and O–H groups in total. The summed E-state index contributed by atoms with van der Waals surface area (Å²) < 4.78 is 101. The molecule has 2 saturated carbocycles. The Labute approximate surface area is 401 Å². The molecule has 0 aromatic heterocycles. The average Bonchev–Trinajstić information content (AvgIpc) is 3.23. The number of alkyl halides is 6. The standard InChI is InChI=1S/C16H30O2.C14H24O2.C11H17F3O4.C9H11F3O4/c1-5-15(3,4)14(17)18-16(6-2)12-10-8-7-9-11-13-16;1-4-14(16-13(15)12(2)3)10-8-6-5-7-9-11-14;1-5-10(3,4)9(16)17-6-8(15)18-7(2)11(12,13)14;1-5(2)8(14)15-4-7(13)16-6(3)9(10,11)12/h5-13H2,1-4H3;2,4-11H2,1,3H3;7H,5-6H2,1-4H3;6H,1,4H2,2-3H3. The van der Waals surface area contributed by atoms with Crippen LogP contribution in [0.25, 0.3) is 0 Å². The van der Waals surface area contributed by atoms with Crippen molar-refractivity contribution in [2.45, 2.75) is 234 Å². The predicted molar refractivity (Wildman–Crippen MR) is 246 cm³/mol. The zero-order chi connectivity index (χ0) is 53.2.